The standard InChI is InChI=1S/C15H16N4O3/c1-3-19-9-10(8-16-19)17-13(20)15(2)14(21)18-11-6-4-5-7-12(11)22-15/h4-9H,3H2,1-2H3,(H,17,20)(H,18,21)/t15-/m1/s1. The molecule has 114 valence electrons. The molecule has 3 rings (SSSR count). The van der Waals surface area contributed by atoms with E-state index in [2.05, 4.69) is 15.7 Å². The third-order valence-electron chi connectivity index (χ3n) is 3.53. The summed E-state index contributed by atoms with van der Waals surface area (Å²) in [6.07, 6.45) is 3.22. The number of nitrogens with zero attached hydrogens (tertiary/aromatic N) is 2. The van der Waals surface area contributed by atoms with Crippen molar-refractivity contribution in [3.05, 3.63) is 36.7 Å². The summed E-state index contributed by atoms with van der Waals surface area (Å²) < 4.78 is 7.32. The van der Waals surface area contributed by atoms with Gasteiger partial charge in [-0.3, -0.25) is 14.3 Å². The number of hydrogen-bond donors (Lipinski definition) is 2. The number of nitrogens with one attached hydrogen (secondary N) is 2. The lowest BCUT2D eigenvalue weighted by atomic mass is 10.0. The summed E-state index contributed by atoms with van der Waals surface area (Å²) in [5.74, 6) is -0.592. The number of para-hydroxylation sites is 2. The molecule has 0 unspecified atom stereocenters. The van der Waals surface area contributed by atoms with Crippen LogP contribution < -0.4 is 15.4 Å². The highest BCUT2D eigenvalue weighted by molar-refractivity contribution is 6.18. The van der Waals surface area contributed by atoms with E-state index in [0.717, 1.165) is 0 Å². The monoisotopic (exact) mass is 300 g/mol. The van der Waals surface area contributed by atoms with Crippen LogP contribution in [0.3, 0.4) is 0 Å². The van der Waals surface area contributed by atoms with Gasteiger partial charge in [-0.25, -0.2) is 0 Å². The molecule has 0 spiro atoms. The van der Waals surface area contributed by atoms with Crippen molar-refractivity contribution >= 4 is 23.2 Å². The van der Waals surface area contributed by atoms with Gasteiger partial charge >= 0.3 is 0 Å². The Morgan fingerprint density at radius 1 is 1.45 bits per heavy atom. The van der Waals surface area contributed by atoms with E-state index >= 15 is 0 Å². The normalized spacial score (nSPS) is 19.8. The Labute approximate surface area is 127 Å². The Morgan fingerprint density at radius 3 is 2.95 bits per heavy atom. The van der Waals surface area contributed by atoms with Crippen LogP contribution >= 0.6 is 0 Å². The predicted molar refractivity (Wildman–Crippen MR) is 80.6 cm³/mol. The molecule has 2 N–H and O–H groups in total. The number of carbonyl (C=O) groups is 2. The molecule has 0 radical (unpaired) electrons. The van der Waals surface area contributed by atoms with Crippen LogP contribution in [0.2, 0.25) is 0 Å². The van der Waals surface area contributed by atoms with E-state index in [-0.39, 0.29) is 0 Å². The van der Waals surface area contributed by atoms with Crippen LogP contribution in [0.15, 0.2) is 36.7 Å². The first kappa shape index (κ1) is 14.1. The zero-order valence-corrected chi connectivity index (χ0v) is 12.3. The summed E-state index contributed by atoms with van der Waals surface area (Å²) in [6, 6.07) is 6.98. The fraction of sp³-hybridized carbons (Fsp3) is 0.267. The van der Waals surface area contributed by atoms with E-state index in [1.807, 2.05) is 6.92 Å². The van der Waals surface area contributed by atoms with Gasteiger partial charge in [0.2, 0.25) is 0 Å². The number of ether oxygens (including phenoxy) is 1. The highest BCUT2D eigenvalue weighted by Gasteiger charge is 2.47. The molecule has 1 aliphatic heterocycles. The minimum atomic E-state index is -1.64. The summed E-state index contributed by atoms with van der Waals surface area (Å²) in [5, 5.41) is 9.42. The minimum absolute atomic E-state index is 0.462. The molecular formula is C15H16N4O3. The van der Waals surface area contributed by atoms with Gasteiger partial charge in [0.05, 0.1) is 17.6 Å². The maximum Gasteiger partial charge on any atom is 0.278 e. The van der Waals surface area contributed by atoms with E-state index in [9.17, 15) is 9.59 Å². The summed E-state index contributed by atoms with van der Waals surface area (Å²) in [5.41, 5.74) is -0.567. The van der Waals surface area contributed by atoms with E-state index < -0.39 is 17.4 Å². The number of benzene rings is 1. The number of aryl methyl sites for hydroxylation is 1. The van der Waals surface area contributed by atoms with Gasteiger partial charge in [-0.1, -0.05) is 12.1 Å². The van der Waals surface area contributed by atoms with Gasteiger partial charge < -0.3 is 15.4 Å². The van der Waals surface area contributed by atoms with Crippen LogP contribution in [0.1, 0.15) is 13.8 Å². The largest absolute Gasteiger partial charge is 0.466 e. The van der Waals surface area contributed by atoms with Crippen molar-refractivity contribution in [3.63, 3.8) is 0 Å². The van der Waals surface area contributed by atoms with Crippen LogP contribution in [-0.4, -0.2) is 27.2 Å². The lowest BCUT2D eigenvalue weighted by Crippen LogP contribution is -2.56. The fourth-order valence-electron chi connectivity index (χ4n) is 2.17. The molecule has 0 saturated carbocycles. The number of rotatable bonds is 3. The van der Waals surface area contributed by atoms with Crippen molar-refractivity contribution in [2.75, 3.05) is 10.6 Å². The zero-order valence-electron chi connectivity index (χ0n) is 12.3. The van der Waals surface area contributed by atoms with E-state index in [4.69, 9.17) is 4.74 Å². The first-order valence-corrected chi connectivity index (χ1v) is 6.96. The van der Waals surface area contributed by atoms with Crippen LogP contribution in [0.5, 0.6) is 5.75 Å². The molecule has 22 heavy (non-hydrogen) atoms. The third kappa shape index (κ3) is 2.30. The average Bonchev–Trinajstić information content (AvgIpc) is 2.96. The van der Waals surface area contributed by atoms with Crippen molar-refractivity contribution in [2.45, 2.75) is 26.0 Å². The first-order valence-electron chi connectivity index (χ1n) is 6.96. The van der Waals surface area contributed by atoms with Crippen molar-refractivity contribution in [3.8, 4) is 5.75 Å². The lowest BCUT2D eigenvalue weighted by Gasteiger charge is -2.33. The molecule has 7 nitrogen and oxygen atoms in total. The Bertz CT molecular complexity index is 740. The number of carbonyl (C=O) groups excluding carboxylic acids is 2. The molecule has 1 atom stereocenters. The predicted octanol–water partition coefficient (Wildman–Crippen LogP) is 1.63. The SMILES string of the molecule is CCn1cc(NC(=O)[C@@]2(C)Oc3ccccc3NC2=O)cn1. The Hall–Kier alpha value is -2.83. The summed E-state index contributed by atoms with van der Waals surface area (Å²) >= 11 is 0. The first-order chi connectivity index (χ1) is 10.5. The van der Waals surface area contributed by atoms with Gasteiger partial charge in [-0.2, -0.15) is 5.10 Å². The van der Waals surface area contributed by atoms with E-state index in [1.165, 1.54) is 13.1 Å². The van der Waals surface area contributed by atoms with Gasteiger partial charge in [0.25, 0.3) is 17.4 Å². The summed E-state index contributed by atoms with van der Waals surface area (Å²) in [4.78, 5) is 24.7. The Balaban J connectivity index is 1.83. The van der Waals surface area contributed by atoms with Crippen molar-refractivity contribution in [1.29, 1.82) is 0 Å². The Morgan fingerprint density at radius 2 is 2.23 bits per heavy atom. The molecular weight excluding hydrogens is 284 g/mol. The number of anilines is 2. The van der Waals surface area contributed by atoms with Gasteiger partial charge in [-0.15, -0.1) is 0 Å². The molecule has 2 aromatic rings. The second-order valence-corrected chi connectivity index (χ2v) is 5.12. The highest BCUT2D eigenvalue weighted by atomic mass is 16.5. The number of aromatic nitrogens is 2. The Kier molecular flexibility index (Phi) is 3.32. The fourth-order valence-corrected chi connectivity index (χ4v) is 2.17. The lowest BCUT2D eigenvalue weighted by molar-refractivity contribution is -0.143. The van der Waals surface area contributed by atoms with Crippen LogP contribution in [0.4, 0.5) is 11.4 Å². The van der Waals surface area contributed by atoms with Gasteiger partial charge in [-0.05, 0) is 26.0 Å². The van der Waals surface area contributed by atoms with Crippen LogP contribution in [0.25, 0.3) is 0 Å². The molecule has 0 saturated heterocycles. The maximum absolute atomic E-state index is 12.5. The molecule has 1 aromatic heterocycles. The molecule has 7 heteroatoms. The molecule has 0 fully saturated rings. The number of amides is 2. The van der Waals surface area contributed by atoms with Crippen molar-refractivity contribution in [2.24, 2.45) is 0 Å². The second-order valence-electron chi connectivity index (χ2n) is 5.12. The molecule has 2 amide bonds. The topological polar surface area (TPSA) is 85.3 Å². The quantitative estimate of drug-likeness (QED) is 0.844. The van der Waals surface area contributed by atoms with Crippen LogP contribution in [0, 0.1) is 0 Å². The molecule has 0 aliphatic carbocycles. The molecule has 0 bridgehead atoms. The number of fused-ring (bicyclic) bond motifs is 1. The van der Waals surface area contributed by atoms with Crippen LogP contribution in [-0.2, 0) is 16.1 Å². The average molecular weight is 300 g/mol. The van der Waals surface area contributed by atoms with Gasteiger partial charge in [0, 0.05) is 12.7 Å². The van der Waals surface area contributed by atoms with E-state index in [1.54, 1.807) is 35.1 Å². The maximum atomic E-state index is 12.5. The number of hydrogen-bond acceptors (Lipinski definition) is 4. The molecule has 2 heterocycles. The van der Waals surface area contributed by atoms with Crippen molar-refractivity contribution in [1.82, 2.24) is 9.78 Å². The van der Waals surface area contributed by atoms with Gasteiger partial charge in [0.15, 0.2) is 0 Å². The third-order valence-corrected chi connectivity index (χ3v) is 3.53. The minimum Gasteiger partial charge on any atom is -0.466 e. The smallest absolute Gasteiger partial charge is 0.278 e. The highest BCUT2D eigenvalue weighted by Crippen LogP contribution is 2.33. The van der Waals surface area contributed by atoms with Crippen molar-refractivity contribution < 1.29 is 14.3 Å². The molecule has 1 aliphatic rings. The second kappa shape index (κ2) is 5.18. The van der Waals surface area contributed by atoms with E-state index in [0.29, 0.717) is 23.7 Å². The summed E-state index contributed by atoms with van der Waals surface area (Å²) in [6.45, 7) is 4.07. The van der Waals surface area contributed by atoms with Gasteiger partial charge in [0.1, 0.15) is 5.75 Å². The summed E-state index contributed by atoms with van der Waals surface area (Å²) in [7, 11) is 0. The molecule has 1 aromatic carbocycles. The zero-order chi connectivity index (χ0) is 15.7.